The number of rotatable bonds is 10. The van der Waals surface area contributed by atoms with Gasteiger partial charge in [-0.2, -0.15) is 0 Å². The van der Waals surface area contributed by atoms with Gasteiger partial charge in [0, 0.05) is 24.0 Å². The summed E-state index contributed by atoms with van der Waals surface area (Å²) >= 11 is 2.58. The standard InChI is InChI=1S/C24H28N4O3S2/c1-5-11-25-21(30)16(4)26-19(29)14-33-24-27-22-20(23(31)28(24)12-6-2)18(13-32-22)17-9-7-15(3)8-10-17/h6-10,13,16H,2,5,11-12,14H2,1,3-4H3,(H,25,30)(H,26,29)/t16-/m1/s1. The summed E-state index contributed by atoms with van der Waals surface area (Å²) in [7, 11) is 0. The molecular formula is C24H28N4O3S2. The Labute approximate surface area is 201 Å². The predicted octanol–water partition coefficient (Wildman–Crippen LogP) is 3.74. The molecule has 0 radical (unpaired) electrons. The van der Waals surface area contributed by atoms with E-state index in [1.165, 1.54) is 27.7 Å². The summed E-state index contributed by atoms with van der Waals surface area (Å²) in [5.74, 6) is -0.484. The summed E-state index contributed by atoms with van der Waals surface area (Å²) in [6.07, 6.45) is 2.46. The molecule has 0 unspecified atom stereocenters. The fourth-order valence-electron chi connectivity index (χ4n) is 3.23. The van der Waals surface area contributed by atoms with Gasteiger partial charge in [-0.25, -0.2) is 4.98 Å². The number of benzene rings is 1. The van der Waals surface area contributed by atoms with Gasteiger partial charge in [0.1, 0.15) is 10.9 Å². The van der Waals surface area contributed by atoms with E-state index < -0.39 is 6.04 Å². The van der Waals surface area contributed by atoms with Crippen LogP contribution in [0.4, 0.5) is 0 Å². The van der Waals surface area contributed by atoms with Crippen molar-refractivity contribution in [2.75, 3.05) is 12.3 Å². The molecule has 33 heavy (non-hydrogen) atoms. The number of nitrogens with zero attached hydrogens (tertiary/aromatic N) is 2. The molecule has 0 spiro atoms. The van der Waals surface area contributed by atoms with Crippen molar-refractivity contribution >= 4 is 45.1 Å². The fraction of sp³-hybridized carbons (Fsp3) is 0.333. The van der Waals surface area contributed by atoms with Crippen molar-refractivity contribution in [3.05, 3.63) is 58.2 Å². The fourth-order valence-corrected chi connectivity index (χ4v) is 5.04. The summed E-state index contributed by atoms with van der Waals surface area (Å²) in [4.78, 5) is 43.1. The van der Waals surface area contributed by atoms with Crippen molar-refractivity contribution in [3.63, 3.8) is 0 Å². The third-order valence-electron chi connectivity index (χ3n) is 4.99. The molecule has 7 nitrogen and oxygen atoms in total. The summed E-state index contributed by atoms with van der Waals surface area (Å²) in [6.45, 7) is 10.2. The quantitative estimate of drug-likeness (QED) is 0.260. The molecule has 2 aromatic heterocycles. The number of carbonyl (C=O) groups excluding carboxylic acids is 2. The number of thiophene rings is 1. The van der Waals surface area contributed by atoms with Gasteiger partial charge in [0.15, 0.2) is 5.16 Å². The van der Waals surface area contributed by atoms with E-state index in [1.807, 2.05) is 43.5 Å². The van der Waals surface area contributed by atoms with E-state index >= 15 is 0 Å². The van der Waals surface area contributed by atoms with Crippen molar-refractivity contribution < 1.29 is 9.59 Å². The van der Waals surface area contributed by atoms with Crippen LogP contribution in [0.3, 0.4) is 0 Å². The second-order valence-corrected chi connectivity index (χ2v) is 9.46. The number of hydrogen-bond donors (Lipinski definition) is 2. The lowest BCUT2D eigenvalue weighted by atomic mass is 10.1. The van der Waals surface area contributed by atoms with Crippen molar-refractivity contribution in [3.8, 4) is 11.1 Å². The van der Waals surface area contributed by atoms with Crippen molar-refractivity contribution in [1.82, 2.24) is 20.2 Å². The topological polar surface area (TPSA) is 93.1 Å². The molecule has 0 aliphatic heterocycles. The monoisotopic (exact) mass is 484 g/mol. The van der Waals surface area contributed by atoms with Crippen LogP contribution in [-0.2, 0) is 16.1 Å². The van der Waals surface area contributed by atoms with Crippen LogP contribution < -0.4 is 16.2 Å². The second-order valence-electron chi connectivity index (χ2n) is 7.66. The SMILES string of the molecule is C=CCn1c(SCC(=O)N[C@H](C)C(=O)NCCC)nc2scc(-c3ccc(C)cc3)c2c1=O. The Morgan fingerprint density at radius 1 is 1.30 bits per heavy atom. The molecule has 174 valence electrons. The average molecular weight is 485 g/mol. The molecule has 0 saturated heterocycles. The Bertz CT molecular complexity index is 1210. The van der Waals surface area contributed by atoms with E-state index in [2.05, 4.69) is 22.2 Å². The first kappa shape index (κ1) is 24.7. The number of carbonyl (C=O) groups is 2. The van der Waals surface area contributed by atoms with E-state index in [9.17, 15) is 14.4 Å². The van der Waals surface area contributed by atoms with E-state index in [4.69, 9.17) is 0 Å². The highest BCUT2D eigenvalue weighted by Gasteiger charge is 2.19. The largest absolute Gasteiger partial charge is 0.354 e. The first-order valence-corrected chi connectivity index (χ1v) is 12.6. The molecule has 1 aromatic carbocycles. The molecule has 9 heteroatoms. The zero-order valence-corrected chi connectivity index (χ0v) is 20.6. The summed E-state index contributed by atoms with van der Waals surface area (Å²) in [6, 6.07) is 7.39. The van der Waals surface area contributed by atoms with Crippen LogP contribution in [0, 0.1) is 6.92 Å². The van der Waals surface area contributed by atoms with E-state index in [0.29, 0.717) is 21.9 Å². The van der Waals surface area contributed by atoms with Gasteiger partial charge >= 0.3 is 0 Å². The number of nitrogens with one attached hydrogen (secondary N) is 2. The Balaban J connectivity index is 1.83. The van der Waals surface area contributed by atoms with Gasteiger partial charge < -0.3 is 10.6 Å². The lowest BCUT2D eigenvalue weighted by Crippen LogP contribution is -2.45. The van der Waals surface area contributed by atoms with Gasteiger partial charge in [-0.3, -0.25) is 19.0 Å². The van der Waals surface area contributed by atoms with Crippen LogP contribution in [0.15, 0.2) is 52.3 Å². The zero-order chi connectivity index (χ0) is 24.0. The smallest absolute Gasteiger partial charge is 0.263 e. The van der Waals surface area contributed by atoms with Crippen LogP contribution in [0.1, 0.15) is 25.8 Å². The number of amides is 2. The highest BCUT2D eigenvalue weighted by Crippen LogP contribution is 2.32. The van der Waals surface area contributed by atoms with Gasteiger partial charge in [0.25, 0.3) is 5.56 Å². The molecule has 0 aliphatic carbocycles. The molecule has 1 atom stereocenters. The maximum absolute atomic E-state index is 13.4. The maximum Gasteiger partial charge on any atom is 0.263 e. The van der Waals surface area contributed by atoms with Crippen LogP contribution in [0.2, 0.25) is 0 Å². The van der Waals surface area contributed by atoms with Gasteiger partial charge in [0.05, 0.1) is 11.1 Å². The summed E-state index contributed by atoms with van der Waals surface area (Å²) in [5.41, 5.74) is 2.80. The van der Waals surface area contributed by atoms with E-state index in [-0.39, 0.29) is 29.7 Å². The molecule has 3 rings (SSSR count). The lowest BCUT2D eigenvalue weighted by Gasteiger charge is -2.14. The Hall–Kier alpha value is -2.91. The normalized spacial score (nSPS) is 11.8. The van der Waals surface area contributed by atoms with E-state index in [1.54, 1.807) is 13.0 Å². The molecule has 3 aromatic rings. The summed E-state index contributed by atoms with van der Waals surface area (Å²) < 4.78 is 1.54. The zero-order valence-electron chi connectivity index (χ0n) is 19.0. The highest BCUT2D eigenvalue weighted by atomic mass is 32.2. The second kappa shape index (κ2) is 11.3. The third kappa shape index (κ3) is 5.91. The van der Waals surface area contributed by atoms with Crippen LogP contribution >= 0.6 is 23.1 Å². The Morgan fingerprint density at radius 3 is 2.70 bits per heavy atom. The molecule has 2 amide bonds. The van der Waals surface area contributed by atoms with Gasteiger partial charge in [0.2, 0.25) is 11.8 Å². The molecule has 2 N–H and O–H groups in total. The van der Waals surface area contributed by atoms with Crippen LogP contribution in [0.25, 0.3) is 21.3 Å². The highest BCUT2D eigenvalue weighted by molar-refractivity contribution is 7.99. The minimum absolute atomic E-state index is 0.0384. The number of aryl methyl sites for hydroxylation is 1. The minimum Gasteiger partial charge on any atom is -0.354 e. The third-order valence-corrected chi connectivity index (χ3v) is 6.83. The number of thioether (sulfide) groups is 1. The number of aromatic nitrogens is 2. The van der Waals surface area contributed by atoms with E-state index in [0.717, 1.165) is 23.1 Å². The number of fused-ring (bicyclic) bond motifs is 1. The molecule has 0 saturated carbocycles. The minimum atomic E-state index is -0.634. The predicted molar refractivity (Wildman–Crippen MR) is 136 cm³/mol. The first-order chi connectivity index (χ1) is 15.8. The maximum atomic E-state index is 13.4. The Kier molecular flexibility index (Phi) is 8.46. The molecule has 0 bridgehead atoms. The van der Waals surface area contributed by atoms with Crippen molar-refractivity contribution in [2.24, 2.45) is 0 Å². The van der Waals surface area contributed by atoms with Gasteiger partial charge in [-0.15, -0.1) is 17.9 Å². The number of hydrogen-bond acceptors (Lipinski definition) is 6. The molecule has 2 heterocycles. The lowest BCUT2D eigenvalue weighted by molar-refractivity contribution is -0.127. The summed E-state index contributed by atoms with van der Waals surface area (Å²) in [5, 5.41) is 8.40. The Morgan fingerprint density at radius 2 is 2.03 bits per heavy atom. The molecule has 0 aliphatic rings. The molecule has 0 fully saturated rings. The molecular weight excluding hydrogens is 456 g/mol. The first-order valence-electron chi connectivity index (χ1n) is 10.8. The average Bonchev–Trinajstić information content (AvgIpc) is 3.22. The van der Waals surface area contributed by atoms with Gasteiger partial charge in [-0.1, -0.05) is 54.6 Å². The van der Waals surface area contributed by atoms with Crippen molar-refractivity contribution in [1.29, 1.82) is 0 Å². The number of allylic oxidation sites excluding steroid dienone is 1. The van der Waals surface area contributed by atoms with Crippen molar-refractivity contribution in [2.45, 2.75) is 44.9 Å². The van der Waals surface area contributed by atoms with Gasteiger partial charge in [-0.05, 0) is 25.8 Å². The van der Waals surface area contributed by atoms with Crippen LogP contribution in [0.5, 0.6) is 0 Å². The van der Waals surface area contributed by atoms with Crippen LogP contribution in [-0.4, -0.2) is 39.7 Å².